The highest BCUT2D eigenvalue weighted by Gasteiger charge is 2.43. The van der Waals surface area contributed by atoms with Crippen molar-refractivity contribution in [1.29, 1.82) is 0 Å². The number of guanidine groups is 1. The quantitative estimate of drug-likeness (QED) is 0.0341. The van der Waals surface area contributed by atoms with E-state index in [-0.39, 0.29) is 62.5 Å². The lowest BCUT2D eigenvalue weighted by Gasteiger charge is -2.35. The number of aliphatic hydroxyl groups excluding tert-OH is 4. The van der Waals surface area contributed by atoms with Gasteiger partial charge in [-0.3, -0.25) is 57.7 Å². The van der Waals surface area contributed by atoms with Crippen molar-refractivity contribution in [2.45, 2.75) is 220 Å². The van der Waals surface area contributed by atoms with Gasteiger partial charge in [-0.25, -0.2) is 0 Å². The van der Waals surface area contributed by atoms with Crippen LogP contribution in [0, 0.1) is 28.6 Å². The molecule has 0 bridgehead atoms. The summed E-state index contributed by atoms with van der Waals surface area (Å²) in [4.78, 5) is 162. The molecule has 1 aromatic rings. The Morgan fingerprint density at radius 1 is 0.622 bits per heavy atom. The Kier molecular flexibility index (Phi) is 31.7. The van der Waals surface area contributed by atoms with Gasteiger partial charge in [0, 0.05) is 6.54 Å². The van der Waals surface area contributed by atoms with Crippen LogP contribution in [-0.2, 0) is 52.7 Å². The third-order valence-corrected chi connectivity index (χ3v) is 14.7. The van der Waals surface area contributed by atoms with Gasteiger partial charge in [-0.2, -0.15) is 0 Å². The maximum Gasteiger partial charge on any atom is 0.245 e. The monoisotopic (exact) mass is 1270 g/mol. The number of nitrogens with two attached hydrogens (primary N) is 3. The zero-order valence-corrected chi connectivity index (χ0v) is 54.5. The molecule has 0 radical (unpaired) electrons. The van der Waals surface area contributed by atoms with Gasteiger partial charge in [0.25, 0.3) is 0 Å². The Balaban J connectivity index is 3.12. The van der Waals surface area contributed by atoms with E-state index < -0.39 is 186 Å². The zero-order valence-electron chi connectivity index (χ0n) is 54.5. The molecular weight excluding hydrogens is 1170 g/mol. The van der Waals surface area contributed by atoms with Gasteiger partial charge in [-0.15, -0.1) is 0 Å². The molecule has 1 aliphatic rings. The standard InChI is InChI=1S/C60H103N15O15/c1-15-31(6)41-54(87)72-42(32(7)77)53(86)65-27-40(79)70-43(33(8)78)55(88)69-39(28-76)52(85)73-44(34-20-17-16-18-21-34)45(74-51(84)38(26-60(12,13)14)68-48(81)35(61)25-59(9,10)11)56(89)75-46(47(80)30(4)5)57(90)67-37(24-29(2)3)50(83)66-36(49(82)71-41)22-19-23-64-58(62)63/h16-18,20-21,29-33,35-39,41-47,76-78,80H,15,19,22-28,61H2,1-14H3,(H,65,86)(H,66,83)(H,67,90)(H,68,81)(H,69,88)(H,70,79)(H,71,82)(H,72,87)(H,73,85)(H,74,84)(H,75,89)(H4,62,63,64)/t31-,32-,33+,35+,36+,37-,38-,39-,41-,42-,43?,44+,45-,46-,47+/m0/s1. The lowest BCUT2D eigenvalue weighted by Crippen LogP contribution is -2.65. The number of nitrogens with zero attached hydrogens (tertiary/aromatic N) is 1. The lowest BCUT2D eigenvalue weighted by atomic mass is 9.86. The topological polar surface area (TPSA) is 491 Å². The molecule has 1 aliphatic heterocycles. The summed E-state index contributed by atoms with van der Waals surface area (Å²) in [5.41, 5.74) is 16.5. The molecule has 1 heterocycles. The Morgan fingerprint density at radius 2 is 1.12 bits per heavy atom. The number of nitrogens with one attached hydrogen (secondary N) is 11. The first-order valence-electron chi connectivity index (χ1n) is 30.5. The largest absolute Gasteiger partial charge is 0.394 e. The lowest BCUT2D eigenvalue weighted by molar-refractivity contribution is -0.139. The van der Waals surface area contributed by atoms with Crippen molar-refractivity contribution in [2.75, 3.05) is 19.7 Å². The maximum absolute atomic E-state index is 15.5. The summed E-state index contributed by atoms with van der Waals surface area (Å²) in [6.45, 7) is 20.9. The van der Waals surface area contributed by atoms with Crippen molar-refractivity contribution in [3.8, 4) is 0 Å². The van der Waals surface area contributed by atoms with Crippen LogP contribution in [0.5, 0.6) is 0 Å². The Bertz CT molecular complexity index is 2620. The minimum atomic E-state index is -2.04. The second-order valence-electron chi connectivity index (χ2n) is 26.3. The second kappa shape index (κ2) is 36.3. The number of amides is 11. The van der Waals surface area contributed by atoms with E-state index in [0.717, 1.165) is 13.8 Å². The molecule has 1 aromatic carbocycles. The van der Waals surface area contributed by atoms with Crippen LogP contribution < -0.4 is 75.7 Å². The predicted octanol–water partition coefficient (Wildman–Crippen LogP) is -3.55. The minimum Gasteiger partial charge on any atom is -0.394 e. The normalized spacial score (nSPS) is 25.0. The molecule has 0 saturated carbocycles. The van der Waals surface area contributed by atoms with Gasteiger partial charge in [0.05, 0.1) is 43.5 Å². The van der Waals surface area contributed by atoms with E-state index in [1.807, 2.05) is 20.8 Å². The number of hydrogen-bond donors (Lipinski definition) is 18. The van der Waals surface area contributed by atoms with Gasteiger partial charge in [0.15, 0.2) is 5.96 Å². The molecule has 15 atom stereocenters. The molecule has 1 saturated heterocycles. The number of carbonyl (C=O) groups is 11. The van der Waals surface area contributed by atoms with E-state index in [4.69, 9.17) is 17.2 Å². The maximum atomic E-state index is 15.5. The molecule has 1 fully saturated rings. The highest BCUT2D eigenvalue weighted by Crippen LogP contribution is 2.25. The van der Waals surface area contributed by atoms with Crippen molar-refractivity contribution >= 4 is 70.9 Å². The molecule has 0 aromatic heterocycles. The summed E-state index contributed by atoms with van der Waals surface area (Å²) in [5.74, 6) is -13.7. The second-order valence-corrected chi connectivity index (χ2v) is 26.3. The number of rotatable bonds is 20. The number of aliphatic imine (C=N–C) groups is 1. The minimum absolute atomic E-state index is 0.0241. The molecular formula is C60H103N15O15. The molecule has 0 spiro atoms. The predicted molar refractivity (Wildman–Crippen MR) is 334 cm³/mol. The van der Waals surface area contributed by atoms with Gasteiger partial charge in [0.1, 0.15) is 54.4 Å². The summed E-state index contributed by atoms with van der Waals surface area (Å²) in [6.07, 6.45) is -4.89. The highest BCUT2D eigenvalue weighted by molar-refractivity contribution is 6.00. The summed E-state index contributed by atoms with van der Waals surface area (Å²) in [7, 11) is 0. The summed E-state index contributed by atoms with van der Waals surface area (Å²) < 4.78 is 0. The van der Waals surface area contributed by atoms with Crippen molar-refractivity contribution in [2.24, 2.45) is 50.8 Å². The van der Waals surface area contributed by atoms with Crippen LogP contribution in [0.15, 0.2) is 35.3 Å². The van der Waals surface area contributed by atoms with Crippen LogP contribution in [-0.4, -0.2) is 190 Å². The molecule has 90 heavy (non-hydrogen) atoms. The van der Waals surface area contributed by atoms with Crippen LogP contribution in [0.25, 0.3) is 0 Å². The van der Waals surface area contributed by atoms with Gasteiger partial charge in [-0.1, -0.05) is 120 Å². The number of aliphatic hydroxyl groups is 4. The van der Waals surface area contributed by atoms with E-state index in [9.17, 15) is 68.4 Å². The van der Waals surface area contributed by atoms with Crippen LogP contribution in [0.4, 0.5) is 0 Å². The van der Waals surface area contributed by atoms with Gasteiger partial charge in [0.2, 0.25) is 65.0 Å². The van der Waals surface area contributed by atoms with E-state index in [1.54, 1.807) is 54.5 Å². The van der Waals surface area contributed by atoms with Crippen LogP contribution in [0.2, 0.25) is 0 Å². The average Bonchev–Trinajstić information content (AvgIpc) is 0.859. The van der Waals surface area contributed by atoms with Crippen molar-refractivity contribution in [3.05, 3.63) is 35.9 Å². The van der Waals surface area contributed by atoms with Crippen LogP contribution >= 0.6 is 0 Å². The third kappa shape index (κ3) is 26.5. The van der Waals surface area contributed by atoms with Gasteiger partial charge >= 0.3 is 0 Å². The molecule has 21 N–H and O–H groups in total. The molecule has 2 rings (SSSR count). The van der Waals surface area contributed by atoms with Crippen LogP contribution in [0.1, 0.15) is 147 Å². The smallest absolute Gasteiger partial charge is 0.245 e. The average molecular weight is 1270 g/mol. The van der Waals surface area contributed by atoms with Crippen molar-refractivity contribution in [3.63, 3.8) is 0 Å². The molecule has 30 heteroatoms. The fourth-order valence-electron chi connectivity index (χ4n) is 9.59. The molecule has 1 unspecified atom stereocenters. The van der Waals surface area contributed by atoms with Gasteiger partial charge in [-0.05, 0) is 80.1 Å². The molecule has 30 nitrogen and oxygen atoms in total. The fourth-order valence-corrected chi connectivity index (χ4v) is 9.59. The summed E-state index contributed by atoms with van der Waals surface area (Å²) >= 11 is 0. The Morgan fingerprint density at radius 3 is 1.64 bits per heavy atom. The zero-order chi connectivity index (χ0) is 68.7. The third-order valence-electron chi connectivity index (χ3n) is 14.7. The number of benzene rings is 1. The molecule has 508 valence electrons. The fraction of sp³-hybridized carbons (Fsp3) is 0.700. The SMILES string of the molecule is CC[C@H](C)[C@@H]1NC(=O)[C@@H](CCCN=C(N)N)NC(=O)[C@H](CC(C)C)NC(=O)[C@H]([C@H](O)C(C)C)NC(=O)[C@@H](NC(=O)[C@H](CC(C)(C)C)NC(=O)[C@H](N)CC(C)(C)C)[C@@H](c2ccccc2)NC(=O)[C@H](CO)NC(=O)C([C@@H](C)O)NC(=O)CNC(=O)[C@H]([C@H](C)O)NC1=O. The van der Waals surface area contributed by atoms with E-state index in [1.165, 1.54) is 38.1 Å². The van der Waals surface area contributed by atoms with Crippen molar-refractivity contribution < 1.29 is 73.2 Å². The highest BCUT2D eigenvalue weighted by atomic mass is 16.3. The number of carbonyl (C=O) groups excluding carboxylic acids is 11. The first-order chi connectivity index (χ1) is 41.7. The van der Waals surface area contributed by atoms with E-state index in [2.05, 4.69) is 63.5 Å². The van der Waals surface area contributed by atoms with E-state index in [0.29, 0.717) is 0 Å². The molecule has 0 aliphatic carbocycles. The summed E-state index contributed by atoms with van der Waals surface area (Å²) in [5, 5.41) is 71.8. The Hall–Kier alpha value is -7.54. The molecule has 11 amide bonds. The Labute approximate surface area is 527 Å². The first-order valence-corrected chi connectivity index (χ1v) is 30.5. The van der Waals surface area contributed by atoms with Crippen LogP contribution in [0.3, 0.4) is 0 Å². The van der Waals surface area contributed by atoms with Gasteiger partial charge < -0.3 is 96.1 Å². The first kappa shape index (κ1) is 78.6. The van der Waals surface area contributed by atoms with E-state index >= 15 is 4.79 Å². The number of hydrogen-bond acceptors (Lipinski definition) is 17. The summed E-state index contributed by atoms with van der Waals surface area (Å²) in [6, 6.07) is -10.8. The van der Waals surface area contributed by atoms with Crippen molar-refractivity contribution in [1.82, 2.24) is 58.5 Å².